The second-order valence-corrected chi connectivity index (χ2v) is 9.87. The number of likely N-dealkylation sites (N-methyl/N-ethyl adjacent to an activating group) is 1. The Bertz CT molecular complexity index is 1010. The molecular weight excluding hydrogens is 426 g/mol. The lowest BCUT2D eigenvalue weighted by Crippen LogP contribution is -2.47. The third-order valence-electron chi connectivity index (χ3n) is 6.52. The Morgan fingerprint density at radius 3 is 2.94 bits per heavy atom. The number of rotatable bonds is 5. The number of ether oxygens (including phenoxy) is 1. The van der Waals surface area contributed by atoms with E-state index >= 15 is 0 Å². The molecule has 2 aromatic rings. The number of nitrogens with zero attached hydrogens (tertiary/aromatic N) is 3. The van der Waals surface area contributed by atoms with E-state index in [0.717, 1.165) is 48.7 Å². The minimum atomic E-state index is -0.221. The maximum atomic E-state index is 12.4. The molecule has 1 aromatic carbocycles. The molecule has 1 aliphatic carbocycles. The number of hydrogen-bond acceptors (Lipinski definition) is 6. The molecular formula is C23H29N5O3S. The molecule has 1 aromatic heterocycles. The predicted molar refractivity (Wildman–Crippen MR) is 125 cm³/mol. The minimum Gasteiger partial charge on any atom is -0.482 e. The number of amides is 3. The van der Waals surface area contributed by atoms with Gasteiger partial charge in [-0.25, -0.2) is 9.78 Å². The number of piperidine rings is 1. The highest BCUT2D eigenvalue weighted by atomic mass is 32.1. The standard InChI is InChI=1S/C23H29N5O3S/c1-27-9-3-6-17(12-27)24-23(30)26-20-14-32-22(25-20)16-7-8-18-19(10-16)31-13-21(29)28(18)11-15-4-2-5-15/h7-8,10,14-15,17H,2-6,9,11-13H2,1H3,(H2,24,26,30)/t17-/m0/s1. The van der Waals surface area contributed by atoms with Crippen molar-refractivity contribution in [1.29, 1.82) is 0 Å². The maximum absolute atomic E-state index is 12.4. The lowest BCUT2D eigenvalue weighted by molar-refractivity contribution is -0.121. The quantitative estimate of drug-likeness (QED) is 0.720. The molecule has 0 bridgehead atoms. The summed E-state index contributed by atoms with van der Waals surface area (Å²) < 4.78 is 5.73. The molecule has 170 valence electrons. The first-order valence-corrected chi connectivity index (χ1v) is 12.2. The summed E-state index contributed by atoms with van der Waals surface area (Å²) in [6.07, 6.45) is 5.73. The van der Waals surface area contributed by atoms with E-state index in [4.69, 9.17) is 4.74 Å². The Labute approximate surface area is 191 Å². The normalized spacial score (nSPS) is 21.5. The molecule has 1 saturated heterocycles. The van der Waals surface area contributed by atoms with Gasteiger partial charge >= 0.3 is 6.03 Å². The second-order valence-electron chi connectivity index (χ2n) is 9.01. The van der Waals surface area contributed by atoms with Gasteiger partial charge in [0.15, 0.2) is 6.61 Å². The van der Waals surface area contributed by atoms with Gasteiger partial charge in [-0.3, -0.25) is 10.1 Å². The van der Waals surface area contributed by atoms with Gasteiger partial charge < -0.3 is 19.9 Å². The first-order valence-electron chi connectivity index (χ1n) is 11.3. The highest BCUT2D eigenvalue weighted by Crippen LogP contribution is 2.39. The summed E-state index contributed by atoms with van der Waals surface area (Å²) in [4.78, 5) is 33.5. The maximum Gasteiger partial charge on any atom is 0.320 e. The smallest absolute Gasteiger partial charge is 0.320 e. The zero-order valence-corrected chi connectivity index (χ0v) is 19.1. The van der Waals surface area contributed by atoms with Crippen LogP contribution in [0.25, 0.3) is 10.6 Å². The van der Waals surface area contributed by atoms with Gasteiger partial charge in [0.2, 0.25) is 0 Å². The SMILES string of the molecule is CN1CCC[C@H](NC(=O)Nc2csc(-c3ccc4c(c3)OCC(=O)N4CC3CCC3)n2)C1. The van der Waals surface area contributed by atoms with Gasteiger partial charge in [-0.05, 0) is 63.4 Å². The van der Waals surface area contributed by atoms with Crippen LogP contribution in [0.15, 0.2) is 23.6 Å². The number of nitrogens with one attached hydrogen (secondary N) is 2. The van der Waals surface area contributed by atoms with E-state index in [1.54, 1.807) is 0 Å². The van der Waals surface area contributed by atoms with Gasteiger partial charge in [0.05, 0.1) is 5.69 Å². The fourth-order valence-electron chi connectivity index (χ4n) is 4.56. The molecule has 1 saturated carbocycles. The Morgan fingerprint density at radius 2 is 2.16 bits per heavy atom. The number of thiazole rings is 1. The molecule has 0 unspecified atom stereocenters. The van der Waals surface area contributed by atoms with E-state index in [1.807, 2.05) is 28.5 Å². The van der Waals surface area contributed by atoms with Crippen LogP contribution in [0.1, 0.15) is 32.1 Å². The molecule has 0 radical (unpaired) electrons. The van der Waals surface area contributed by atoms with Crippen molar-refractivity contribution in [3.63, 3.8) is 0 Å². The average molecular weight is 456 g/mol. The predicted octanol–water partition coefficient (Wildman–Crippen LogP) is 3.55. The van der Waals surface area contributed by atoms with Crippen LogP contribution >= 0.6 is 11.3 Å². The molecule has 8 nitrogen and oxygen atoms in total. The number of benzene rings is 1. The lowest BCUT2D eigenvalue weighted by atomic mass is 9.85. The van der Waals surface area contributed by atoms with E-state index in [1.165, 1.54) is 30.6 Å². The van der Waals surface area contributed by atoms with Crippen molar-refractivity contribution in [2.75, 3.05) is 43.5 Å². The van der Waals surface area contributed by atoms with Crippen molar-refractivity contribution in [3.05, 3.63) is 23.6 Å². The number of carbonyl (C=O) groups is 2. The molecule has 9 heteroatoms. The lowest BCUT2D eigenvalue weighted by Gasteiger charge is -2.35. The van der Waals surface area contributed by atoms with E-state index < -0.39 is 0 Å². The first kappa shape index (κ1) is 21.2. The zero-order chi connectivity index (χ0) is 22.1. The summed E-state index contributed by atoms with van der Waals surface area (Å²) >= 11 is 1.47. The van der Waals surface area contributed by atoms with E-state index in [9.17, 15) is 9.59 Å². The van der Waals surface area contributed by atoms with Crippen LogP contribution in [0.2, 0.25) is 0 Å². The molecule has 2 N–H and O–H groups in total. The molecule has 2 aliphatic heterocycles. The first-order chi connectivity index (χ1) is 15.5. The van der Waals surface area contributed by atoms with Crippen molar-refractivity contribution in [3.8, 4) is 16.3 Å². The average Bonchev–Trinajstić information content (AvgIpc) is 3.19. The number of aromatic nitrogens is 1. The second kappa shape index (κ2) is 9.07. The summed E-state index contributed by atoms with van der Waals surface area (Å²) in [5, 5.41) is 8.53. The summed E-state index contributed by atoms with van der Waals surface area (Å²) in [6.45, 7) is 2.79. The highest BCUT2D eigenvalue weighted by Gasteiger charge is 2.30. The van der Waals surface area contributed by atoms with E-state index in [0.29, 0.717) is 17.5 Å². The Balaban J connectivity index is 1.25. The van der Waals surface area contributed by atoms with Gasteiger partial charge in [-0.1, -0.05) is 6.42 Å². The third kappa shape index (κ3) is 4.59. The van der Waals surface area contributed by atoms with Gasteiger partial charge in [0.25, 0.3) is 5.91 Å². The fourth-order valence-corrected chi connectivity index (χ4v) is 5.31. The van der Waals surface area contributed by atoms with Crippen molar-refractivity contribution in [2.45, 2.75) is 38.1 Å². The molecule has 32 heavy (non-hydrogen) atoms. The number of likely N-dealkylation sites (tertiary alicyclic amines) is 1. The van der Waals surface area contributed by atoms with Crippen LogP contribution in [0.4, 0.5) is 16.3 Å². The number of urea groups is 1. The number of anilines is 2. The molecule has 1 atom stereocenters. The third-order valence-corrected chi connectivity index (χ3v) is 7.41. The van der Waals surface area contributed by atoms with Crippen LogP contribution in [0, 0.1) is 5.92 Å². The summed E-state index contributed by atoms with van der Waals surface area (Å²) in [5.74, 6) is 1.86. The molecule has 5 rings (SSSR count). The Kier molecular flexibility index (Phi) is 6.01. The summed E-state index contributed by atoms with van der Waals surface area (Å²) in [5.41, 5.74) is 1.75. The van der Waals surface area contributed by atoms with Gasteiger partial charge in [0.1, 0.15) is 16.6 Å². The van der Waals surface area contributed by atoms with Gasteiger partial charge in [0, 0.05) is 30.1 Å². The van der Waals surface area contributed by atoms with Crippen LogP contribution in [-0.4, -0.2) is 61.2 Å². The van der Waals surface area contributed by atoms with Crippen LogP contribution in [-0.2, 0) is 4.79 Å². The number of carbonyl (C=O) groups excluding carboxylic acids is 2. The largest absolute Gasteiger partial charge is 0.482 e. The van der Waals surface area contributed by atoms with Gasteiger partial charge in [-0.15, -0.1) is 11.3 Å². The number of hydrogen-bond donors (Lipinski definition) is 2. The van der Waals surface area contributed by atoms with E-state index in [-0.39, 0.29) is 24.6 Å². The summed E-state index contributed by atoms with van der Waals surface area (Å²) in [6, 6.07) is 5.79. The van der Waals surface area contributed by atoms with Crippen molar-refractivity contribution < 1.29 is 14.3 Å². The van der Waals surface area contributed by atoms with Crippen LogP contribution in [0.5, 0.6) is 5.75 Å². The number of fused-ring (bicyclic) bond motifs is 1. The van der Waals surface area contributed by atoms with Crippen molar-refractivity contribution in [1.82, 2.24) is 15.2 Å². The molecule has 3 heterocycles. The van der Waals surface area contributed by atoms with E-state index in [2.05, 4.69) is 27.6 Å². The van der Waals surface area contributed by atoms with Crippen LogP contribution < -0.4 is 20.3 Å². The fraction of sp³-hybridized carbons (Fsp3) is 0.522. The molecule has 3 amide bonds. The molecule has 3 aliphatic rings. The minimum absolute atomic E-state index is 0.0213. The highest BCUT2D eigenvalue weighted by molar-refractivity contribution is 7.13. The van der Waals surface area contributed by atoms with Crippen molar-refractivity contribution >= 4 is 34.8 Å². The molecule has 2 fully saturated rings. The Morgan fingerprint density at radius 1 is 1.28 bits per heavy atom. The molecule has 0 spiro atoms. The van der Waals surface area contributed by atoms with Gasteiger partial charge in [-0.2, -0.15) is 0 Å². The zero-order valence-electron chi connectivity index (χ0n) is 18.3. The topological polar surface area (TPSA) is 86.8 Å². The van der Waals surface area contributed by atoms with Crippen LogP contribution in [0.3, 0.4) is 0 Å². The summed E-state index contributed by atoms with van der Waals surface area (Å²) in [7, 11) is 2.07. The Hall–Kier alpha value is -2.65. The monoisotopic (exact) mass is 455 g/mol. The van der Waals surface area contributed by atoms with Crippen molar-refractivity contribution in [2.24, 2.45) is 5.92 Å².